The van der Waals surface area contributed by atoms with Crippen molar-refractivity contribution in [1.29, 1.82) is 0 Å². The summed E-state index contributed by atoms with van der Waals surface area (Å²) in [6.45, 7) is 2.96. The number of carbonyl (C=O) groups excluding carboxylic acids is 1. The lowest BCUT2D eigenvalue weighted by molar-refractivity contribution is -0.113. The van der Waals surface area contributed by atoms with Gasteiger partial charge in [-0.3, -0.25) is 4.79 Å². The monoisotopic (exact) mass is 472 g/mol. The number of hydrogen-bond acceptors (Lipinski definition) is 9. The Labute approximate surface area is 186 Å². The predicted octanol–water partition coefficient (Wildman–Crippen LogP) is 2.80. The van der Waals surface area contributed by atoms with E-state index in [2.05, 4.69) is 27.8 Å². The van der Waals surface area contributed by atoms with E-state index in [-0.39, 0.29) is 16.6 Å². The van der Waals surface area contributed by atoms with Crippen molar-refractivity contribution in [3.05, 3.63) is 18.2 Å². The van der Waals surface area contributed by atoms with Crippen LogP contribution in [0.3, 0.4) is 0 Å². The maximum absolute atomic E-state index is 12.5. The Morgan fingerprint density at radius 3 is 2.57 bits per heavy atom. The first-order valence-electron chi connectivity index (χ1n) is 9.39. The van der Waals surface area contributed by atoms with Crippen molar-refractivity contribution in [1.82, 2.24) is 14.5 Å². The minimum atomic E-state index is -3.61. The highest BCUT2D eigenvalue weighted by atomic mass is 32.2. The summed E-state index contributed by atoms with van der Waals surface area (Å²) >= 11 is 2.69. The van der Waals surface area contributed by atoms with Crippen LogP contribution in [0.1, 0.15) is 19.8 Å². The van der Waals surface area contributed by atoms with Gasteiger partial charge in [-0.2, -0.15) is 0 Å². The fraction of sp³-hybridized carbons (Fsp3) is 0.500. The second-order valence-corrected chi connectivity index (χ2v) is 11.2. The minimum Gasteiger partial charge on any atom is -0.376 e. The van der Waals surface area contributed by atoms with Gasteiger partial charge in [0.25, 0.3) is 0 Å². The van der Waals surface area contributed by atoms with Crippen LogP contribution in [-0.4, -0.2) is 69.3 Å². The van der Waals surface area contributed by atoms with Gasteiger partial charge in [-0.25, -0.2) is 12.7 Å². The lowest BCUT2D eigenvalue weighted by atomic mass is 10.2. The molecule has 0 aliphatic rings. The summed E-state index contributed by atoms with van der Waals surface area (Å²) in [5, 5.41) is 14.9. The largest absolute Gasteiger partial charge is 0.376 e. The summed E-state index contributed by atoms with van der Waals surface area (Å²) < 4.78 is 26.7. The van der Waals surface area contributed by atoms with E-state index >= 15 is 0 Å². The van der Waals surface area contributed by atoms with Crippen molar-refractivity contribution in [3.8, 4) is 0 Å². The zero-order valence-corrected chi connectivity index (χ0v) is 20.2. The van der Waals surface area contributed by atoms with E-state index in [0.717, 1.165) is 28.8 Å². The van der Waals surface area contributed by atoms with Crippen LogP contribution < -0.4 is 15.5 Å². The fourth-order valence-corrected chi connectivity index (χ4v) is 4.91. The van der Waals surface area contributed by atoms with E-state index in [0.29, 0.717) is 15.7 Å². The molecule has 1 aromatic carbocycles. The van der Waals surface area contributed by atoms with Gasteiger partial charge in [0.05, 0.1) is 22.0 Å². The summed E-state index contributed by atoms with van der Waals surface area (Å²) in [6, 6.07) is 4.69. The van der Waals surface area contributed by atoms with Crippen LogP contribution in [0, 0.1) is 0 Å². The number of carbonyl (C=O) groups is 1. The number of rotatable bonds is 11. The van der Waals surface area contributed by atoms with Gasteiger partial charge in [0.1, 0.15) is 0 Å². The molecule has 12 heteroatoms. The summed E-state index contributed by atoms with van der Waals surface area (Å²) in [6.07, 6.45) is 2.15. The molecule has 1 aromatic heterocycles. The Morgan fingerprint density at radius 2 is 1.93 bits per heavy atom. The number of thioether (sulfide) groups is 1. The molecule has 0 saturated heterocycles. The second kappa shape index (κ2) is 10.9. The molecular formula is C18H28N6O3S3. The molecule has 1 amide bonds. The second-order valence-electron chi connectivity index (χ2n) is 6.85. The minimum absolute atomic E-state index is 0.118. The van der Waals surface area contributed by atoms with Crippen molar-refractivity contribution in [2.24, 2.45) is 0 Å². The molecule has 0 radical (unpaired) electrons. The number of benzene rings is 1. The van der Waals surface area contributed by atoms with Gasteiger partial charge < -0.3 is 15.5 Å². The van der Waals surface area contributed by atoms with Gasteiger partial charge >= 0.3 is 0 Å². The molecule has 1 heterocycles. The molecule has 0 saturated carbocycles. The molecule has 2 aromatic rings. The zero-order chi connectivity index (χ0) is 22.3. The summed E-state index contributed by atoms with van der Waals surface area (Å²) in [7, 11) is 2.99. The first-order valence-corrected chi connectivity index (χ1v) is 12.6. The standard InChI is InChI=1S/C18H28N6O3S3/c1-6-7-10-19-17-21-22-18(29-17)28-12-16(25)20-14-11-13(30(26,27)24(4)5)8-9-15(14)23(2)3/h8-9,11H,6-7,10,12H2,1-5H3,(H,19,21)(H,20,25). The van der Waals surface area contributed by atoms with Crippen LogP contribution in [0.4, 0.5) is 16.5 Å². The molecule has 0 atom stereocenters. The van der Waals surface area contributed by atoms with E-state index in [4.69, 9.17) is 0 Å². The summed E-state index contributed by atoms with van der Waals surface area (Å²) in [5.41, 5.74) is 1.15. The topological polar surface area (TPSA) is 108 Å². The normalized spacial score (nSPS) is 11.5. The van der Waals surface area contributed by atoms with Gasteiger partial charge in [0, 0.05) is 34.7 Å². The van der Waals surface area contributed by atoms with Crippen molar-refractivity contribution in [2.45, 2.75) is 29.0 Å². The third-order valence-electron chi connectivity index (χ3n) is 4.04. The molecule has 0 unspecified atom stereocenters. The van der Waals surface area contributed by atoms with Crippen molar-refractivity contribution >= 4 is 55.5 Å². The van der Waals surface area contributed by atoms with Crippen LogP contribution in [0.25, 0.3) is 0 Å². The number of nitrogens with one attached hydrogen (secondary N) is 2. The Balaban J connectivity index is 2.06. The number of aromatic nitrogens is 2. The van der Waals surface area contributed by atoms with E-state index in [1.54, 1.807) is 6.07 Å². The molecule has 0 spiro atoms. The molecule has 0 bridgehead atoms. The highest BCUT2D eigenvalue weighted by molar-refractivity contribution is 8.01. The Hall–Kier alpha value is -1.89. The smallest absolute Gasteiger partial charge is 0.242 e. The van der Waals surface area contributed by atoms with Crippen LogP contribution in [0.2, 0.25) is 0 Å². The lowest BCUT2D eigenvalue weighted by Gasteiger charge is -2.20. The van der Waals surface area contributed by atoms with Crippen molar-refractivity contribution in [2.75, 3.05) is 56.0 Å². The highest BCUT2D eigenvalue weighted by Crippen LogP contribution is 2.30. The number of hydrogen-bond donors (Lipinski definition) is 2. The molecule has 0 aliphatic heterocycles. The van der Waals surface area contributed by atoms with Gasteiger partial charge in [-0.1, -0.05) is 36.4 Å². The molecule has 2 N–H and O–H groups in total. The molecule has 0 aliphatic carbocycles. The summed E-state index contributed by atoms with van der Waals surface area (Å²) in [5.74, 6) is -0.112. The third kappa shape index (κ3) is 6.56. The lowest BCUT2D eigenvalue weighted by Crippen LogP contribution is -2.23. The summed E-state index contributed by atoms with van der Waals surface area (Å²) in [4.78, 5) is 14.4. The number of anilines is 3. The fourth-order valence-electron chi connectivity index (χ4n) is 2.40. The Kier molecular flexibility index (Phi) is 8.89. The van der Waals surface area contributed by atoms with Gasteiger partial charge in [-0.05, 0) is 24.6 Å². The average molecular weight is 473 g/mol. The van der Waals surface area contributed by atoms with E-state index < -0.39 is 10.0 Å². The quantitative estimate of drug-likeness (QED) is 0.380. The zero-order valence-electron chi connectivity index (χ0n) is 17.8. The third-order valence-corrected chi connectivity index (χ3v) is 7.87. The maximum atomic E-state index is 12.5. The Bertz CT molecular complexity index is 960. The number of nitrogens with zero attached hydrogens (tertiary/aromatic N) is 4. The Morgan fingerprint density at radius 1 is 1.20 bits per heavy atom. The maximum Gasteiger partial charge on any atom is 0.242 e. The van der Waals surface area contributed by atoms with Crippen LogP contribution in [0.5, 0.6) is 0 Å². The number of amides is 1. The number of unbranched alkanes of at least 4 members (excludes halogenated alkanes) is 1. The molecular weight excluding hydrogens is 444 g/mol. The predicted molar refractivity (Wildman–Crippen MR) is 124 cm³/mol. The van der Waals surface area contributed by atoms with Gasteiger partial charge in [0.15, 0.2) is 4.34 Å². The van der Waals surface area contributed by atoms with E-state index in [1.165, 1.54) is 49.3 Å². The van der Waals surface area contributed by atoms with E-state index in [9.17, 15) is 13.2 Å². The SMILES string of the molecule is CCCCNc1nnc(SCC(=O)Nc2cc(S(=O)(=O)N(C)C)ccc2N(C)C)s1. The molecule has 0 fully saturated rings. The highest BCUT2D eigenvalue weighted by Gasteiger charge is 2.20. The van der Waals surface area contributed by atoms with Gasteiger partial charge in [0.2, 0.25) is 21.1 Å². The molecule has 9 nitrogen and oxygen atoms in total. The van der Waals surface area contributed by atoms with E-state index in [1.807, 2.05) is 19.0 Å². The molecule has 30 heavy (non-hydrogen) atoms. The molecule has 2 rings (SSSR count). The van der Waals surface area contributed by atoms with Crippen molar-refractivity contribution in [3.63, 3.8) is 0 Å². The van der Waals surface area contributed by atoms with Crippen LogP contribution in [-0.2, 0) is 14.8 Å². The first kappa shape index (κ1) is 24.4. The molecule has 166 valence electrons. The number of sulfonamides is 1. The first-order chi connectivity index (χ1) is 14.1. The average Bonchev–Trinajstić information content (AvgIpc) is 3.14. The van der Waals surface area contributed by atoms with Gasteiger partial charge in [-0.15, -0.1) is 10.2 Å². The van der Waals surface area contributed by atoms with Crippen LogP contribution in [0.15, 0.2) is 27.4 Å². The van der Waals surface area contributed by atoms with Crippen molar-refractivity contribution < 1.29 is 13.2 Å². The van der Waals surface area contributed by atoms with Crippen LogP contribution >= 0.6 is 23.1 Å².